The number of fused-ring (bicyclic) bond motifs is 3. The lowest BCUT2D eigenvalue weighted by Gasteiger charge is -2.04. The fraction of sp³-hybridized carbons (Fsp3) is 0. The third-order valence-corrected chi connectivity index (χ3v) is 6.92. The normalized spacial score (nSPS) is 11.3. The van der Waals surface area contributed by atoms with Gasteiger partial charge in [-0.05, 0) is 24.3 Å². The molecule has 0 aliphatic rings. The van der Waals surface area contributed by atoms with Crippen molar-refractivity contribution in [1.82, 2.24) is 9.97 Å². The number of nitro benzene ring substituents is 1. The summed E-state index contributed by atoms with van der Waals surface area (Å²) >= 11 is 1.77. The highest BCUT2D eigenvalue weighted by Gasteiger charge is 2.21. The summed E-state index contributed by atoms with van der Waals surface area (Å²) in [4.78, 5) is 19.5. The molecule has 0 atom stereocenters. The minimum Gasteiger partial charge on any atom is -0.337 e. The van der Waals surface area contributed by atoms with Crippen LogP contribution >= 0.6 is 11.3 Å². The predicted molar refractivity (Wildman–Crippen MR) is 134 cm³/mol. The molecule has 0 unspecified atom stereocenters. The fourth-order valence-electron chi connectivity index (χ4n) is 4.23. The van der Waals surface area contributed by atoms with Gasteiger partial charge >= 0.3 is 0 Å². The Morgan fingerprint density at radius 3 is 2.33 bits per heavy atom. The van der Waals surface area contributed by atoms with Crippen molar-refractivity contribution in [2.24, 2.45) is 0 Å². The highest BCUT2D eigenvalue weighted by Crippen LogP contribution is 2.39. The Kier molecular flexibility index (Phi) is 4.52. The zero-order valence-corrected chi connectivity index (χ0v) is 18.2. The first-order valence-corrected chi connectivity index (χ1v) is 11.3. The molecule has 0 fully saturated rings. The van der Waals surface area contributed by atoms with Crippen molar-refractivity contribution >= 4 is 37.2 Å². The van der Waals surface area contributed by atoms with Crippen LogP contribution in [-0.2, 0) is 0 Å². The predicted octanol–water partition coefficient (Wildman–Crippen LogP) is 7.69. The van der Waals surface area contributed by atoms with Crippen molar-refractivity contribution < 1.29 is 4.92 Å². The fourth-order valence-corrected chi connectivity index (χ4v) is 5.32. The summed E-state index contributed by atoms with van der Waals surface area (Å²) in [7, 11) is 0. The van der Waals surface area contributed by atoms with Crippen LogP contribution in [-0.4, -0.2) is 14.9 Å². The molecular weight excluding hydrogens is 430 g/mol. The third kappa shape index (κ3) is 3.28. The van der Waals surface area contributed by atoms with Crippen molar-refractivity contribution in [2.75, 3.05) is 0 Å². The Morgan fingerprint density at radius 2 is 1.48 bits per heavy atom. The molecule has 33 heavy (non-hydrogen) atoms. The van der Waals surface area contributed by atoms with Crippen LogP contribution in [0.4, 0.5) is 5.69 Å². The van der Waals surface area contributed by atoms with Gasteiger partial charge in [-0.3, -0.25) is 10.1 Å². The van der Waals surface area contributed by atoms with Gasteiger partial charge < -0.3 is 4.98 Å². The van der Waals surface area contributed by atoms with E-state index in [0.717, 1.165) is 22.5 Å². The Hall–Kier alpha value is -4.29. The van der Waals surface area contributed by atoms with Crippen LogP contribution < -0.4 is 0 Å². The first-order chi connectivity index (χ1) is 16.2. The highest BCUT2D eigenvalue weighted by molar-refractivity contribution is 7.25. The molecule has 4 aromatic carbocycles. The van der Waals surface area contributed by atoms with Crippen molar-refractivity contribution in [3.63, 3.8) is 0 Å². The minimum atomic E-state index is -0.372. The third-order valence-electron chi connectivity index (χ3n) is 5.77. The lowest BCUT2D eigenvalue weighted by molar-refractivity contribution is -0.384. The summed E-state index contributed by atoms with van der Waals surface area (Å²) in [6.07, 6.45) is 0. The number of H-pyrrole nitrogens is 1. The van der Waals surface area contributed by atoms with Gasteiger partial charge in [-0.15, -0.1) is 11.3 Å². The van der Waals surface area contributed by atoms with Gasteiger partial charge in [-0.2, -0.15) is 0 Å². The first-order valence-electron chi connectivity index (χ1n) is 10.5. The van der Waals surface area contributed by atoms with Crippen molar-refractivity contribution in [3.05, 3.63) is 107 Å². The second kappa shape index (κ2) is 7.69. The summed E-state index contributed by atoms with van der Waals surface area (Å²) in [5, 5.41) is 14.0. The number of aromatic amines is 1. The number of para-hydroxylation sites is 1. The zero-order chi connectivity index (χ0) is 22.4. The van der Waals surface area contributed by atoms with E-state index in [1.165, 1.54) is 26.2 Å². The number of nitrogens with one attached hydrogen (secondary N) is 1. The molecule has 0 amide bonds. The number of rotatable bonds is 4. The molecule has 158 valence electrons. The maximum Gasteiger partial charge on any atom is 0.280 e. The topological polar surface area (TPSA) is 71.8 Å². The molecule has 0 spiro atoms. The quantitative estimate of drug-likeness (QED) is 0.222. The molecule has 0 aliphatic carbocycles. The van der Waals surface area contributed by atoms with E-state index in [1.807, 2.05) is 30.3 Å². The van der Waals surface area contributed by atoms with Gasteiger partial charge in [0, 0.05) is 37.4 Å². The van der Waals surface area contributed by atoms with Gasteiger partial charge in [0.1, 0.15) is 5.82 Å². The van der Waals surface area contributed by atoms with E-state index in [-0.39, 0.29) is 10.6 Å². The van der Waals surface area contributed by atoms with Crippen LogP contribution in [0.15, 0.2) is 97.1 Å². The Labute approximate surface area is 193 Å². The Balaban J connectivity index is 1.60. The number of hydrogen-bond donors (Lipinski definition) is 1. The zero-order valence-electron chi connectivity index (χ0n) is 17.4. The number of imidazole rings is 1. The molecule has 6 rings (SSSR count). The summed E-state index contributed by atoms with van der Waals surface area (Å²) in [5.74, 6) is 0.478. The lowest BCUT2D eigenvalue weighted by Crippen LogP contribution is -1.92. The second-order valence-electron chi connectivity index (χ2n) is 7.76. The molecule has 6 aromatic rings. The van der Waals surface area contributed by atoms with Crippen LogP contribution in [0.3, 0.4) is 0 Å². The average Bonchev–Trinajstić information content (AvgIpc) is 3.46. The SMILES string of the molecule is O=[N+]([O-])c1ccccc1-c1nc(-c2ccc3sc4ccccc4c3c2)c(-c2ccccc2)[nH]1. The van der Waals surface area contributed by atoms with Crippen LogP contribution in [0.1, 0.15) is 0 Å². The standard InChI is InChI=1S/C27H17N3O2S/c31-30(32)22-12-6-4-11-20(22)27-28-25(17-8-2-1-3-9-17)26(29-27)18-14-15-24-21(16-18)19-10-5-7-13-23(19)33-24/h1-16H,(H,28,29). The largest absolute Gasteiger partial charge is 0.337 e. The second-order valence-corrected chi connectivity index (χ2v) is 8.84. The number of nitro groups is 1. The monoisotopic (exact) mass is 447 g/mol. The summed E-state index contributed by atoms with van der Waals surface area (Å²) in [6, 6.07) is 31.4. The molecule has 1 N–H and O–H groups in total. The van der Waals surface area contributed by atoms with E-state index in [1.54, 1.807) is 29.5 Å². The Morgan fingerprint density at radius 1 is 0.758 bits per heavy atom. The molecule has 0 saturated carbocycles. The van der Waals surface area contributed by atoms with Crippen LogP contribution in [0.25, 0.3) is 54.1 Å². The molecule has 2 aromatic heterocycles. The average molecular weight is 448 g/mol. The molecule has 5 nitrogen and oxygen atoms in total. The van der Waals surface area contributed by atoms with Gasteiger partial charge in [0.2, 0.25) is 0 Å². The first kappa shape index (κ1) is 19.4. The number of nitrogens with zero attached hydrogens (tertiary/aromatic N) is 2. The van der Waals surface area contributed by atoms with E-state index in [9.17, 15) is 10.1 Å². The molecule has 0 saturated heterocycles. The summed E-state index contributed by atoms with van der Waals surface area (Å²) in [5.41, 5.74) is 4.03. The van der Waals surface area contributed by atoms with Crippen molar-refractivity contribution in [1.29, 1.82) is 0 Å². The highest BCUT2D eigenvalue weighted by atomic mass is 32.1. The minimum absolute atomic E-state index is 0.0247. The number of thiophene rings is 1. The molecule has 0 bridgehead atoms. The van der Waals surface area contributed by atoms with E-state index < -0.39 is 0 Å². The van der Waals surface area contributed by atoms with Crippen LogP contribution in [0.2, 0.25) is 0 Å². The van der Waals surface area contributed by atoms with Crippen LogP contribution in [0, 0.1) is 10.1 Å². The molecule has 0 aliphatic heterocycles. The number of benzene rings is 4. The van der Waals surface area contributed by atoms with E-state index in [2.05, 4.69) is 47.4 Å². The van der Waals surface area contributed by atoms with E-state index in [0.29, 0.717) is 11.4 Å². The van der Waals surface area contributed by atoms with Gasteiger partial charge in [-0.1, -0.05) is 66.7 Å². The maximum atomic E-state index is 11.6. The molecule has 6 heteroatoms. The van der Waals surface area contributed by atoms with Crippen molar-refractivity contribution in [3.8, 4) is 33.9 Å². The van der Waals surface area contributed by atoms with Gasteiger partial charge in [-0.25, -0.2) is 4.98 Å². The van der Waals surface area contributed by atoms with E-state index in [4.69, 9.17) is 4.98 Å². The van der Waals surface area contributed by atoms with Gasteiger partial charge in [0.15, 0.2) is 0 Å². The molecule has 0 radical (unpaired) electrons. The molecular formula is C27H17N3O2S. The van der Waals surface area contributed by atoms with Gasteiger partial charge in [0.05, 0.1) is 21.9 Å². The number of hydrogen-bond acceptors (Lipinski definition) is 4. The molecule has 2 heterocycles. The summed E-state index contributed by atoms with van der Waals surface area (Å²) in [6.45, 7) is 0. The van der Waals surface area contributed by atoms with E-state index >= 15 is 0 Å². The smallest absolute Gasteiger partial charge is 0.280 e. The maximum absolute atomic E-state index is 11.6. The Bertz CT molecular complexity index is 1650. The van der Waals surface area contributed by atoms with Crippen LogP contribution in [0.5, 0.6) is 0 Å². The van der Waals surface area contributed by atoms with Gasteiger partial charge in [0.25, 0.3) is 5.69 Å². The number of aromatic nitrogens is 2. The summed E-state index contributed by atoms with van der Waals surface area (Å²) < 4.78 is 2.46. The van der Waals surface area contributed by atoms with Crippen molar-refractivity contribution in [2.45, 2.75) is 0 Å². The lowest BCUT2D eigenvalue weighted by atomic mass is 10.0.